The Hall–Kier alpha value is -0.810. The number of ether oxygens (including phenoxy) is 1. The Labute approximate surface area is 125 Å². The Morgan fingerprint density at radius 1 is 1.15 bits per heavy atom. The molecule has 0 bridgehead atoms. The van der Waals surface area contributed by atoms with Crippen molar-refractivity contribution in [3.05, 3.63) is 29.3 Å². The number of nitrogen functional groups attached to an aromatic ring is 1. The van der Waals surface area contributed by atoms with E-state index in [-0.39, 0.29) is 11.3 Å². The molecule has 20 heavy (non-hydrogen) atoms. The Bertz CT molecular complexity index is 359. The van der Waals surface area contributed by atoms with Crippen molar-refractivity contribution in [2.24, 2.45) is 0 Å². The molecule has 0 radical (unpaired) electrons. The zero-order valence-electron chi connectivity index (χ0n) is 12.7. The van der Waals surface area contributed by atoms with Crippen LogP contribution in [0.15, 0.2) is 12.1 Å². The lowest BCUT2D eigenvalue weighted by molar-refractivity contribution is 0.100. The van der Waals surface area contributed by atoms with Crippen molar-refractivity contribution in [1.82, 2.24) is 0 Å². The molecule has 0 unspecified atom stereocenters. The zero-order valence-corrected chi connectivity index (χ0v) is 13.5. The molecule has 1 aromatic carbocycles. The van der Waals surface area contributed by atoms with Crippen molar-refractivity contribution in [2.45, 2.75) is 38.9 Å². The Morgan fingerprint density at radius 2 is 1.60 bits per heavy atom. The van der Waals surface area contributed by atoms with Gasteiger partial charge in [-0.15, -0.1) is 0 Å². The monoisotopic (exact) mass is 305 g/mol. The van der Waals surface area contributed by atoms with Gasteiger partial charge in [-0.25, -0.2) is 8.78 Å². The lowest BCUT2D eigenvalue weighted by atomic mass is 10.2. The highest BCUT2D eigenvalue weighted by atomic mass is 32.2. The van der Waals surface area contributed by atoms with Gasteiger partial charge in [-0.1, -0.05) is 13.8 Å². The van der Waals surface area contributed by atoms with Gasteiger partial charge in [0.2, 0.25) is 0 Å². The highest BCUT2D eigenvalue weighted by Crippen LogP contribution is 2.18. The molecule has 5 heteroatoms. The van der Waals surface area contributed by atoms with E-state index in [0.29, 0.717) is 0 Å². The fourth-order valence-electron chi connectivity index (χ4n) is 1.58. The summed E-state index contributed by atoms with van der Waals surface area (Å²) in [6.07, 6.45) is 4.68. The summed E-state index contributed by atoms with van der Waals surface area (Å²) in [5, 5.41) is 0.878. The second kappa shape index (κ2) is 10.9. The minimum Gasteiger partial charge on any atom is -0.399 e. The third-order valence-corrected chi connectivity index (χ3v) is 3.94. The molecular weight excluding hydrogens is 280 g/mol. The summed E-state index contributed by atoms with van der Waals surface area (Å²) in [5.41, 5.74) is 5.27. The van der Waals surface area contributed by atoms with E-state index in [2.05, 4.69) is 6.26 Å². The summed E-state index contributed by atoms with van der Waals surface area (Å²) in [6.45, 7) is 7.32. The third-order valence-electron chi connectivity index (χ3n) is 2.80. The molecule has 1 aliphatic rings. The molecule has 1 aromatic rings. The summed E-state index contributed by atoms with van der Waals surface area (Å²) < 4.78 is 30.2. The number of rotatable bonds is 1. The first-order chi connectivity index (χ1) is 9.54. The molecule has 0 spiro atoms. The molecule has 2 N–H and O–H groups in total. The first-order valence-electron chi connectivity index (χ1n) is 6.86. The molecule has 1 fully saturated rings. The number of anilines is 1. The molecule has 0 saturated carbocycles. The molecule has 1 aliphatic heterocycles. The van der Waals surface area contributed by atoms with Crippen LogP contribution >= 0.6 is 11.8 Å². The van der Waals surface area contributed by atoms with E-state index in [0.717, 1.165) is 30.6 Å². The van der Waals surface area contributed by atoms with Crippen molar-refractivity contribution >= 4 is 17.4 Å². The average molecular weight is 305 g/mol. The summed E-state index contributed by atoms with van der Waals surface area (Å²) in [6, 6.07) is 2.19. The summed E-state index contributed by atoms with van der Waals surface area (Å²) in [4.78, 5) is 0. The van der Waals surface area contributed by atoms with Crippen LogP contribution in [0.2, 0.25) is 0 Å². The van der Waals surface area contributed by atoms with Crippen LogP contribution < -0.4 is 5.73 Å². The normalized spacial score (nSPS) is 14.7. The van der Waals surface area contributed by atoms with Gasteiger partial charge < -0.3 is 10.5 Å². The van der Waals surface area contributed by atoms with Crippen molar-refractivity contribution in [3.8, 4) is 0 Å². The minimum absolute atomic E-state index is 0.00852. The molecule has 0 atom stereocenters. The lowest BCUT2D eigenvalue weighted by Crippen LogP contribution is -2.16. The van der Waals surface area contributed by atoms with E-state index in [1.165, 1.54) is 19.8 Å². The predicted molar refractivity (Wildman–Crippen MR) is 84.2 cm³/mol. The van der Waals surface area contributed by atoms with E-state index >= 15 is 0 Å². The van der Waals surface area contributed by atoms with Crippen LogP contribution in [0.1, 0.15) is 32.3 Å². The second-order valence-corrected chi connectivity index (χ2v) is 5.30. The number of nitrogens with two attached hydrogens (primary N) is 1. The predicted octanol–water partition coefficient (Wildman–Crippen LogP) is 4.41. The van der Waals surface area contributed by atoms with E-state index in [1.807, 2.05) is 25.6 Å². The zero-order chi connectivity index (χ0) is 15.5. The quantitative estimate of drug-likeness (QED) is 0.781. The van der Waals surface area contributed by atoms with E-state index < -0.39 is 11.6 Å². The van der Waals surface area contributed by atoms with E-state index in [1.54, 1.807) is 0 Å². The van der Waals surface area contributed by atoms with E-state index in [9.17, 15) is 8.78 Å². The first kappa shape index (κ1) is 19.2. The van der Waals surface area contributed by atoms with Gasteiger partial charge in [0, 0.05) is 29.7 Å². The summed E-state index contributed by atoms with van der Waals surface area (Å²) in [5.74, 6) is -1.20. The van der Waals surface area contributed by atoms with Crippen LogP contribution in [0.25, 0.3) is 0 Å². The van der Waals surface area contributed by atoms with Gasteiger partial charge in [0.05, 0.1) is 0 Å². The van der Waals surface area contributed by atoms with Gasteiger partial charge in [0.1, 0.15) is 11.6 Å². The molecule has 2 nitrogen and oxygen atoms in total. The van der Waals surface area contributed by atoms with Crippen molar-refractivity contribution in [2.75, 3.05) is 25.2 Å². The maximum absolute atomic E-state index is 12.5. The lowest BCUT2D eigenvalue weighted by Gasteiger charge is -2.19. The van der Waals surface area contributed by atoms with Crippen LogP contribution in [-0.2, 0) is 4.74 Å². The topological polar surface area (TPSA) is 35.2 Å². The number of thioether (sulfide) groups is 1. The fraction of sp³-hybridized carbons (Fsp3) is 0.600. The molecule has 1 saturated heterocycles. The molecule has 0 amide bonds. The van der Waals surface area contributed by atoms with Crippen LogP contribution in [0.5, 0.6) is 0 Å². The molecule has 0 aromatic heterocycles. The van der Waals surface area contributed by atoms with Gasteiger partial charge in [0.25, 0.3) is 0 Å². The Morgan fingerprint density at radius 3 is 1.95 bits per heavy atom. The summed E-state index contributed by atoms with van der Waals surface area (Å²) >= 11 is 1.97. The van der Waals surface area contributed by atoms with Gasteiger partial charge in [-0.3, -0.25) is 0 Å². The van der Waals surface area contributed by atoms with Gasteiger partial charge >= 0.3 is 0 Å². The highest BCUT2D eigenvalue weighted by molar-refractivity contribution is 7.99. The van der Waals surface area contributed by atoms with E-state index in [4.69, 9.17) is 10.5 Å². The standard InChI is InChI=1S/C7H7F2N.C6H12OS.C2H6/c1-4-6(8)2-5(10)3-7(4)9;1-8-6-2-4-7-5-3-6;1-2/h2-3H,10H2,1H3;6H,2-5H2,1H3;1-2H3. The van der Waals surface area contributed by atoms with Crippen molar-refractivity contribution in [3.63, 3.8) is 0 Å². The average Bonchev–Trinajstić information content (AvgIpc) is 2.48. The largest absolute Gasteiger partial charge is 0.399 e. The maximum atomic E-state index is 12.5. The number of halogens is 2. The van der Waals surface area contributed by atoms with Crippen LogP contribution in [0, 0.1) is 18.6 Å². The van der Waals surface area contributed by atoms with Crippen molar-refractivity contribution in [1.29, 1.82) is 0 Å². The number of hydrogen-bond donors (Lipinski definition) is 1. The molecule has 116 valence electrons. The molecule has 1 heterocycles. The Kier molecular flexibility index (Phi) is 10.5. The number of hydrogen-bond acceptors (Lipinski definition) is 3. The third kappa shape index (κ3) is 7.10. The fourth-order valence-corrected chi connectivity index (χ4v) is 2.24. The SMILES string of the molecule is CC.CSC1CCOCC1.Cc1c(F)cc(N)cc1F. The van der Waals surface area contributed by atoms with Gasteiger partial charge in [-0.05, 0) is 38.2 Å². The van der Waals surface area contributed by atoms with Crippen molar-refractivity contribution < 1.29 is 13.5 Å². The molecule has 0 aliphatic carbocycles. The minimum atomic E-state index is -0.600. The molecular formula is C15H25F2NOS. The molecule has 2 rings (SSSR count). The van der Waals surface area contributed by atoms with Crippen LogP contribution in [0.4, 0.5) is 14.5 Å². The second-order valence-electron chi connectivity index (χ2n) is 4.16. The maximum Gasteiger partial charge on any atom is 0.131 e. The Balaban J connectivity index is 0.000000327. The highest BCUT2D eigenvalue weighted by Gasteiger charge is 2.10. The first-order valence-corrected chi connectivity index (χ1v) is 8.15. The van der Waals surface area contributed by atoms with Crippen LogP contribution in [-0.4, -0.2) is 24.7 Å². The van der Waals surface area contributed by atoms with Crippen LogP contribution in [0.3, 0.4) is 0 Å². The van der Waals surface area contributed by atoms with Gasteiger partial charge in [-0.2, -0.15) is 11.8 Å². The smallest absolute Gasteiger partial charge is 0.131 e. The number of benzene rings is 1. The summed E-state index contributed by atoms with van der Waals surface area (Å²) in [7, 11) is 0. The van der Waals surface area contributed by atoms with Gasteiger partial charge in [0.15, 0.2) is 0 Å².